The SMILES string of the molecule is COCC(N[C@H](C)c1ccc(C)cc1)C(=O)O. The fourth-order valence-electron chi connectivity index (χ4n) is 1.61. The molecule has 0 spiro atoms. The second-order valence-electron chi connectivity index (χ2n) is 4.15. The number of aliphatic carboxylic acids is 1. The molecule has 94 valence electrons. The number of rotatable bonds is 6. The molecule has 0 aliphatic heterocycles. The van der Waals surface area contributed by atoms with E-state index in [4.69, 9.17) is 9.84 Å². The summed E-state index contributed by atoms with van der Waals surface area (Å²) in [5.41, 5.74) is 2.26. The Hall–Kier alpha value is -1.39. The van der Waals surface area contributed by atoms with E-state index in [2.05, 4.69) is 5.32 Å². The second-order valence-corrected chi connectivity index (χ2v) is 4.15. The van der Waals surface area contributed by atoms with E-state index in [9.17, 15) is 4.79 Å². The minimum atomic E-state index is -0.897. The molecule has 4 nitrogen and oxygen atoms in total. The van der Waals surface area contributed by atoms with Crippen LogP contribution >= 0.6 is 0 Å². The average Bonchev–Trinajstić information content (AvgIpc) is 2.29. The molecule has 1 rings (SSSR count). The Balaban J connectivity index is 2.66. The molecule has 0 aliphatic rings. The maximum Gasteiger partial charge on any atom is 0.323 e. The number of benzene rings is 1. The third-order valence-electron chi connectivity index (χ3n) is 2.66. The van der Waals surface area contributed by atoms with Crippen molar-refractivity contribution in [3.8, 4) is 0 Å². The summed E-state index contributed by atoms with van der Waals surface area (Å²) in [5.74, 6) is -0.897. The van der Waals surface area contributed by atoms with Crippen LogP contribution in [-0.2, 0) is 9.53 Å². The van der Waals surface area contributed by atoms with Crippen LogP contribution in [0.1, 0.15) is 24.1 Å². The molecule has 0 fully saturated rings. The highest BCUT2D eigenvalue weighted by Crippen LogP contribution is 2.13. The first-order valence-electron chi connectivity index (χ1n) is 5.59. The fraction of sp³-hybridized carbons (Fsp3) is 0.462. The Morgan fingerprint density at radius 3 is 2.47 bits per heavy atom. The number of carboxylic acid groups (broad SMARTS) is 1. The molecule has 0 aliphatic carbocycles. The van der Waals surface area contributed by atoms with Crippen molar-refractivity contribution < 1.29 is 14.6 Å². The molecule has 0 amide bonds. The van der Waals surface area contributed by atoms with E-state index in [1.807, 2.05) is 38.1 Å². The van der Waals surface area contributed by atoms with Crippen molar-refractivity contribution in [3.05, 3.63) is 35.4 Å². The van der Waals surface area contributed by atoms with Crippen LogP contribution in [0.5, 0.6) is 0 Å². The zero-order valence-corrected chi connectivity index (χ0v) is 10.4. The van der Waals surface area contributed by atoms with Crippen LogP contribution in [0.3, 0.4) is 0 Å². The van der Waals surface area contributed by atoms with Crippen LogP contribution in [0, 0.1) is 6.92 Å². The number of carboxylic acids is 1. The van der Waals surface area contributed by atoms with E-state index in [0.29, 0.717) is 0 Å². The van der Waals surface area contributed by atoms with Gasteiger partial charge in [-0.15, -0.1) is 0 Å². The molecule has 0 saturated heterocycles. The van der Waals surface area contributed by atoms with Crippen molar-refractivity contribution in [1.29, 1.82) is 0 Å². The molecule has 2 atom stereocenters. The maximum absolute atomic E-state index is 11.0. The molecule has 1 aromatic carbocycles. The molecule has 2 N–H and O–H groups in total. The summed E-state index contributed by atoms with van der Waals surface area (Å²) < 4.78 is 4.88. The van der Waals surface area contributed by atoms with Gasteiger partial charge in [0.2, 0.25) is 0 Å². The molecule has 0 radical (unpaired) electrons. The fourth-order valence-corrected chi connectivity index (χ4v) is 1.61. The minimum absolute atomic E-state index is 0.0214. The van der Waals surface area contributed by atoms with Crippen molar-refractivity contribution in [2.24, 2.45) is 0 Å². The molecule has 0 bridgehead atoms. The summed E-state index contributed by atoms with van der Waals surface area (Å²) in [5, 5.41) is 12.0. The Morgan fingerprint density at radius 2 is 2.00 bits per heavy atom. The average molecular weight is 237 g/mol. The summed E-state index contributed by atoms with van der Waals surface area (Å²) in [6.45, 7) is 4.12. The molecule has 0 aromatic heterocycles. The molecule has 1 unspecified atom stereocenters. The third-order valence-corrected chi connectivity index (χ3v) is 2.66. The van der Waals surface area contributed by atoms with Gasteiger partial charge in [0.1, 0.15) is 6.04 Å². The van der Waals surface area contributed by atoms with E-state index in [1.54, 1.807) is 0 Å². The number of methoxy groups -OCH3 is 1. The van der Waals surface area contributed by atoms with Gasteiger partial charge < -0.3 is 9.84 Å². The lowest BCUT2D eigenvalue weighted by Crippen LogP contribution is -2.41. The second kappa shape index (κ2) is 6.37. The van der Waals surface area contributed by atoms with Gasteiger partial charge in [-0.3, -0.25) is 10.1 Å². The quantitative estimate of drug-likeness (QED) is 0.791. The van der Waals surface area contributed by atoms with Gasteiger partial charge in [-0.05, 0) is 19.4 Å². The Bertz CT molecular complexity index is 361. The number of hydrogen-bond acceptors (Lipinski definition) is 3. The maximum atomic E-state index is 11.0. The highest BCUT2D eigenvalue weighted by atomic mass is 16.5. The highest BCUT2D eigenvalue weighted by Gasteiger charge is 2.19. The van der Waals surface area contributed by atoms with E-state index in [-0.39, 0.29) is 12.6 Å². The van der Waals surface area contributed by atoms with Gasteiger partial charge >= 0.3 is 5.97 Å². The zero-order chi connectivity index (χ0) is 12.8. The largest absolute Gasteiger partial charge is 0.480 e. The van der Waals surface area contributed by atoms with Crippen LogP contribution in [0.15, 0.2) is 24.3 Å². The van der Waals surface area contributed by atoms with E-state index in [1.165, 1.54) is 12.7 Å². The van der Waals surface area contributed by atoms with Crippen molar-refractivity contribution in [3.63, 3.8) is 0 Å². The normalized spacial score (nSPS) is 14.3. The summed E-state index contributed by atoms with van der Waals surface area (Å²) in [6.07, 6.45) is 0. The highest BCUT2D eigenvalue weighted by molar-refractivity contribution is 5.73. The van der Waals surface area contributed by atoms with Gasteiger partial charge in [0.05, 0.1) is 6.61 Å². The molecule has 1 aromatic rings. The summed E-state index contributed by atoms with van der Waals surface area (Å²) in [6, 6.07) is 7.32. The standard InChI is InChI=1S/C13H19NO3/c1-9-4-6-11(7-5-9)10(2)14-12(8-17-3)13(15)16/h4-7,10,12,14H,8H2,1-3H3,(H,15,16)/t10-,12?/m1/s1. The van der Waals surface area contributed by atoms with E-state index in [0.717, 1.165) is 5.56 Å². The first kappa shape index (κ1) is 13.7. The van der Waals surface area contributed by atoms with Gasteiger partial charge in [-0.2, -0.15) is 0 Å². The molecular weight excluding hydrogens is 218 g/mol. The molecular formula is C13H19NO3. The summed E-state index contributed by atoms with van der Waals surface area (Å²) in [7, 11) is 1.49. The van der Waals surface area contributed by atoms with Crippen LogP contribution < -0.4 is 5.32 Å². The Labute approximate surface area is 102 Å². The van der Waals surface area contributed by atoms with Crippen molar-refractivity contribution in [2.45, 2.75) is 25.9 Å². The number of hydrogen-bond donors (Lipinski definition) is 2. The van der Waals surface area contributed by atoms with Gasteiger partial charge in [-0.1, -0.05) is 29.8 Å². The molecule has 4 heteroatoms. The Kier molecular flexibility index (Phi) is 5.12. The lowest BCUT2D eigenvalue weighted by Gasteiger charge is -2.20. The lowest BCUT2D eigenvalue weighted by molar-refractivity contribution is -0.141. The molecule has 0 saturated carbocycles. The van der Waals surface area contributed by atoms with Crippen molar-refractivity contribution in [2.75, 3.05) is 13.7 Å². The van der Waals surface area contributed by atoms with E-state index >= 15 is 0 Å². The predicted octanol–water partition coefficient (Wildman–Crippen LogP) is 1.75. The van der Waals surface area contributed by atoms with Gasteiger partial charge in [0, 0.05) is 13.2 Å². The summed E-state index contributed by atoms with van der Waals surface area (Å²) >= 11 is 0. The van der Waals surface area contributed by atoms with Crippen LogP contribution in [0.2, 0.25) is 0 Å². The lowest BCUT2D eigenvalue weighted by atomic mass is 10.1. The number of aryl methyl sites for hydroxylation is 1. The van der Waals surface area contributed by atoms with Crippen LogP contribution in [-0.4, -0.2) is 30.8 Å². The Morgan fingerprint density at radius 1 is 1.41 bits per heavy atom. The topological polar surface area (TPSA) is 58.6 Å². The number of carbonyl (C=O) groups is 1. The first-order valence-corrected chi connectivity index (χ1v) is 5.59. The summed E-state index contributed by atoms with van der Waals surface area (Å²) in [4.78, 5) is 11.0. The number of ether oxygens (including phenoxy) is 1. The monoisotopic (exact) mass is 237 g/mol. The first-order chi connectivity index (χ1) is 8.04. The number of nitrogens with one attached hydrogen (secondary N) is 1. The van der Waals surface area contributed by atoms with Crippen LogP contribution in [0.25, 0.3) is 0 Å². The predicted molar refractivity (Wildman–Crippen MR) is 66.0 cm³/mol. The van der Waals surface area contributed by atoms with E-state index < -0.39 is 12.0 Å². The molecule has 0 heterocycles. The van der Waals surface area contributed by atoms with Gasteiger partial charge in [-0.25, -0.2) is 0 Å². The van der Waals surface area contributed by atoms with Gasteiger partial charge in [0.25, 0.3) is 0 Å². The molecule has 17 heavy (non-hydrogen) atoms. The van der Waals surface area contributed by atoms with Gasteiger partial charge in [0.15, 0.2) is 0 Å². The zero-order valence-electron chi connectivity index (χ0n) is 10.4. The van der Waals surface area contributed by atoms with Crippen molar-refractivity contribution in [1.82, 2.24) is 5.32 Å². The smallest absolute Gasteiger partial charge is 0.323 e. The third kappa shape index (κ3) is 4.17. The van der Waals surface area contributed by atoms with Crippen molar-refractivity contribution >= 4 is 5.97 Å². The van der Waals surface area contributed by atoms with Crippen LogP contribution in [0.4, 0.5) is 0 Å². The minimum Gasteiger partial charge on any atom is -0.480 e.